The molecule has 8 heteroatoms. The quantitative estimate of drug-likeness (QED) is 0.757. The SMILES string of the molecule is COC(=O)c1ccnc(NCc2ncn(C)n2)c1N. The Kier molecular flexibility index (Phi) is 3.60. The van der Waals surface area contributed by atoms with E-state index in [4.69, 9.17) is 5.73 Å². The number of anilines is 2. The van der Waals surface area contributed by atoms with Gasteiger partial charge < -0.3 is 15.8 Å². The molecule has 0 atom stereocenters. The van der Waals surface area contributed by atoms with E-state index in [0.717, 1.165) is 0 Å². The first-order valence-electron chi connectivity index (χ1n) is 5.53. The van der Waals surface area contributed by atoms with Gasteiger partial charge in [-0.05, 0) is 6.07 Å². The summed E-state index contributed by atoms with van der Waals surface area (Å²) in [6.45, 7) is 0.364. The molecular formula is C11H14N6O2. The maximum atomic E-state index is 11.5. The van der Waals surface area contributed by atoms with Crippen LogP contribution in [0.4, 0.5) is 11.5 Å². The summed E-state index contributed by atoms with van der Waals surface area (Å²) in [4.78, 5) is 19.6. The Labute approximate surface area is 109 Å². The van der Waals surface area contributed by atoms with Crippen molar-refractivity contribution in [3.63, 3.8) is 0 Å². The van der Waals surface area contributed by atoms with E-state index >= 15 is 0 Å². The zero-order valence-electron chi connectivity index (χ0n) is 10.6. The van der Waals surface area contributed by atoms with Crippen molar-refractivity contribution in [1.82, 2.24) is 19.7 Å². The monoisotopic (exact) mass is 262 g/mol. The number of nitrogen functional groups attached to an aromatic ring is 1. The highest BCUT2D eigenvalue weighted by Crippen LogP contribution is 2.20. The van der Waals surface area contributed by atoms with Gasteiger partial charge in [0.15, 0.2) is 5.82 Å². The highest BCUT2D eigenvalue weighted by Gasteiger charge is 2.13. The third-order valence-electron chi connectivity index (χ3n) is 2.46. The van der Waals surface area contributed by atoms with Crippen LogP contribution in [0.25, 0.3) is 0 Å². The van der Waals surface area contributed by atoms with Crippen molar-refractivity contribution in [3.05, 3.63) is 30.0 Å². The van der Waals surface area contributed by atoms with E-state index in [0.29, 0.717) is 18.2 Å². The maximum Gasteiger partial charge on any atom is 0.340 e. The Bertz CT molecular complexity index is 595. The number of nitrogens with one attached hydrogen (secondary N) is 1. The lowest BCUT2D eigenvalue weighted by molar-refractivity contribution is 0.0602. The van der Waals surface area contributed by atoms with Gasteiger partial charge in [0.05, 0.1) is 24.9 Å². The number of esters is 1. The molecule has 0 bridgehead atoms. The molecule has 2 aromatic heterocycles. The number of hydrogen-bond acceptors (Lipinski definition) is 7. The molecule has 0 radical (unpaired) electrons. The van der Waals surface area contributed by atoms with Crippen molar-refractivity contribution in [2.24, 2.45) is 7.05 Å². The molecule has 3 N–H and O–H groups in total. The van der Waals surface area contributed by atoms with E-state index in [-0.39, 0.29) is 11.3 Å². The number of methoxy groups -OCH3 is 1. The molecule has 0 aliphatic carbocycles. The van der Waals surface area contributed by atoms with Crippen LogP contribution < -0.4 is 11.1 Å². The summed E-state index contributed by atoms with van der Waals surface area (Å²) >= 11 is 0. The highest BCUT2D eigenvalue weighted by molar-refractivity contribution is 5.97. The molecule has 0 aliphatic heterocycles. The van der Waals surface area contributed by atoms with Gasteiger partial charge in [-0.2, -0.15) is 5.10 Å². The zero-order valence-corrected chi connectivity index (χ0v) is 10.6. The summed E-state index contributed by atoms with van der Waals surface area (Å²) in [6.07, 6.45) is 3.08. The van der Waals surface area contributed by atoms with Gasteiger partial charge in [0.1, 0.15) is 12.1 Å². The fourth-order valence-electron chi connectivity index (χ4n) is 1.53. The van der Waals surface area contributed by atoms with Crippen molar-refractivity contribution < 1.29 is 9.53 Å². The largest absolute Gasteiger partial charge is 0.465 e. The molecule has 0 fully saturated rings. The van der Waals surface area contributed by atoms with Gasteiger partial charge in [-0.15, -0.1) is 0 Å². The number of aromatic nitrogens is 4. The Morgan fingerprint density at radius 2 is 2.32 bits per heavy atom. The van der Waals surface area contributed by atoms with Gasteiger partial charge in [0.2, 0.25) is 0 Å². The topological polar surface area (TPSA) is 108 Å². The van der Waals surface area contributed by atoms with Crippen molar-refractivity contribution in [1.29, 1.82) is 0 Å². The van der Waals surface area contributed by atoms with Crippen LogP contribution in [0.3, 0.4) is 0 Å². The van der Waals surface area contributed by atoms with Crippen LogP contribution in [-0.2, 0) is 18.3 Å². The van der Waals surface area contributed by atoms with Crippen LogP contribution in [0.5, 0.6) is 0 Å². The molecule has 0 saturated carbocycles. The van der Waals surface area contributed by atoms with E-state index < -0.39 is 5.97 Å². The average Bonchev–Trinajstić information content (AvgIpc) is 2.82. The average molecular weight is 262 g/mol. The minimum absolute atomic E-state index is 0.241. The van der Waals surface area contributed by atoms with Crippen LogP contribution in [0.15, 0.2) is 18.6 Å². The Balaban J connectivity index is 2.14. The smallest absolute Gasteiger partial charge is 0.340 e. The Hall–Kier alpha value is -2.64. The maximum absolute atomic E-state index is 11.5. The standard InChI is InChI=1S/C11H14N6O2/c1-17-6-15-8(16-17)5-14-10-9(12)7(3-4-13-10)11(18)19-2/h3-4,6H,5,12H2,1-2H3,(H,13,14). The molecule has 0 saturated heterocycles. The molecule has 0 spiro atoms. The molecular weight excluding hydrogens is 248 g/mol. The summed E-state index contributed by atoms with van der Waals surface area (Å²) in [5.74, 6) is 0.501. The van der Waals surface area contributed by atoms with Crippen molar-refractivity contribution in [2.45, 2.75) is 6.54 Å². The summed E-state index contributed by atoms with van der Waals surface area (Å²) < 4.78 is 6.23. The van der Waals surface area contributed by atoms with Crippen molar-refractivity contribution >= 4 is 17.5 Å². The van der Waals surface area contributed by atoms with Gasteiger partial charge in [0.25, 0.3) is 0 Å². The van der Waals surface area contributed by atoms with E-state index in [9.17, 15) is 4.79 Å². The van der Waals surface area contributed by atoms with E-state index in [1.54, 1.807) is 18.1 Å². The van der Waals surface area contributed by atoms with Gasteiger partial charge in [-0.1, -0.05) is 0 Å². The second-order valence-corrected chi connectivity index (χ2v) is 3.80. The number of rotatable bonds is 4. The Morgan fingerprint density at radius 1 is 1.53 bits per heavy atom. The highest BCUT2D eigenvalue weighted by atomic mass is 16.5. The molecule has 0 aromatic carbocycles. The van der Waals surface area contributed by atoms with Crippen LogP contribution in [0, 0.1) is 0 Å². The van der Waals surface area contributed by atoms with Crippen LogP contribution in [0.1, 0.15) is 16.2 Å². The third kappa shape index (κ3) is 2.79. The van der Waals surface area contributed by atoms with Crippen LogP contribution in [-0.4, -0.2) is 32.8 Å². The second kappa shape index (κ2) is 5.34. The summed E-state index contributed by atoms with van der Waals surface area (Å²) in [7, 11) is 3.08. The number of carbonyl (C=O) groups excluding carboxylic acids is 1. The summed E-state index contributed by atoms with van der Waals surface area (Å²) in [5, 5.41) is 7.09. The predicted molar refractivity (Wildman–Crippen MR) is 68.3 cm³/mol. The first-order valence-corrected chi connectivity index (χ1v) is 5.53. The third-order valence-corrected chi connectivity index (χ3v) is 2.46. The number of ether oxygens (including phenoxy) is 1. The van der Waals surface area contributed by atoms with Gasteiger partial charge >= 0.3 is 5.97 Å². The second-order valence-electron chi connectivity index (χ2n) is 3.80. The first-order chi connectivity index (χ1) is 9.11. The normalized spacial score (nSPS) is 10.2. The van der Waals surface area contributed by atoms with Crippen molar-refractivity contribution in [3.8, 4) is 0 Å². The number of hydrogen-bond donors (Lipinski definition) is 2. The lowest BCUT2D eigenvalue weighted by atomic mass is 10.2. The summed E-state index contributed by atoms with van der Waals surface area (Å²) in [5.41, 5.74) is 6.37. The number of pyridine rings is 1. The molecule has 0 aliphatic rings. The van der Waals surface area contributed by atoms with Gasteiger partial charge in [-0.3, -0.25) is 4.68 Å². The van der Waals surface area contributed by atoms with Crippen LogP contribution in [0.2, 0.25) is 0 Å². The van der Waals surface area contributed by atoms with E-state index in [1.807, 2.05) is 0 Å². The molecule has 100 valence electrons. The van der Waals surface area contributed by atoms with Crippen LogP contribution >= 0.6 is 0 Å². The molecule has 0 amide bonds. The number of nitrogens with zero attached hydrogens (tertiary/aromatic N) is 4. The zero-order chi connectivity index (χ0) is 13.8. The number of aryl methyl sites for hydroxylation is 1. The van der Waals surface area contributed by atoms with Gasteiger partial charge in [0, 0.05) is 13.2 Å². The predicted octanol–water partition coefficient (Wildman–Crippen LogP) is 0.191. The molecule has 0 unspecified atom stereocenters. The Morgan fingerprint density at radius 3 is 2.95 bits per heavy atom. The minimum Gasteiger partial charge on any atom is -0.465 e. The van der Waals surface area contributed by atoms with E-state index in [1.165, 1.54) is 19.4 Å². The molecule has 2 aromatic rings. The molecule has 2 rings (SSSR count). The van der Waals surface area contributed by atoms with Gasteiger partial charge in [-0.25, -0.2) is 14.8 Å². The van der Waals surface area contributed by atoms with Crippen molar-refractivity contribution in [2.75, 3.05) is 18.2 Å². The molecule has 2 heterocycles. The van der Waals surface area contributed by atoms with E-state index in [2.05, 4.69) is 25.1 Å². The fraction of sp³-hybridized carbons (Fsp3) is 0.273. The lowest BCUT2D eigenvalue weighted by Crippen LogP contribution is -2.11. The minimum atomic E-state index is -0.501. The number of nitrogens with two attached hydrogens (primary N) is 1. The first kappa shape index (κ1) is 12.8. The molecule has 19 heavy (non-hydrogen) atoms. The summed E-state index contributed by atoms with van der Waals surface area (Å²) in [6, 6.07) is 1.51. The number of carbonyl (C=O) groups is 1. The lowest BCUT2D eigenvalue weighted by Gasteiger charge is -2.09. The fourth-order valence-corrected chi connectivity index (χ4v) is 1.53. The molecule has 8 nitrogen and oxygen atoms in total.